The van der Waals surface area contributed by atoms with Crippen LogP contribution in [0.15, 0.2) is 22.7 Å². The van der Waals surface area contributed by atoms with E-state index in [0.717, 1.165) is 94.5 Å². The number of nitrogens with one attached hydrogen (secondary N) is 1. The summed E-state index contributed by atoms with van der Waals surface area (Å²) in [6.07, 6.45) is 3.25. The van der Waals surface area contributed by atoms with Gasteiger partial charge in [-0.3, -0.25) is 9.69 Å². The molecule has 0 spiro atoms. The molecule has 3 aliphatic heterocycles. The highest BCUT2D eigenvalue weighted by Gasteiger charge is 2.31. The van der Waals surface area contributed by atoms with Crippen LogP contribution in [0.2, 0.25) is 0 Å². The average molecular weight is 499 g/mol. The molecule has 1 aromatic carbocycles. The Bertz CT molecular complexity index is 1040. The molecule has 0 radical (unpaired) electrons. The molecule has 9 nitrogen and oxygen atoms in total. The third kappa shape index (κ3) is 5.85. The third-order valence-electron chi connectivity index (χ3n) is 7.83. The zero-order valence-corrected chi connectivity index (χ0v) is 21.5. The normalized spacial score (nSPS) is 22.8. The summed E-state index contributed by atoms with van der Waals surface area (Å²) in [4.78, 5) is 17.7. The van der Waals surface area contributed by atoms with Gasteiger partial charge in [-0.2, -0.15) is 0 Å². The highest BCUT2D eigenvalue weighted by atomic mass is 16.5. The predicted octanol–water partition coefficient (Wildman–Crippen LogP) is 2.27. The summed E-state index contributed by atoms with van der Waals surface area (Å²) in [6.45, 7) is 7.39. The summed E-state index contributed by atoms with van der Waals surface area (Å²) in [7, 11) is 3.30. The molecule has 9 heteroatoms. The molecule has 0 saturated carbocycles. The second-order valence-electron chi connectivity index (χ2n) is 10.1. The highest BCUT2D eigenvalue weighted by molar-refractivity contribution is 5.77. The molecule has 196 valence electrons. The fourth-order valence-corrected chi connectivity index (χ4v) is 5.71. The summed E-state index contributed by atoms with van der Waals surface area (Å²) in [5.74, 6) is 3.30. The van der Waals surface area contributed by atoms with Gasteiger partial charge >= 0.3 is 0 Å². The smallest absolute Gasteiger partial charge is 0.223 e. The largest absolute Gasteiger partial charge is 0.493 e. The lowest BCUT2D eigenvalue weighted by Crippen LogP contribution is -2.42. The van der Waals surface area contributed by atoms with Crippen LogP contribution in [0.5, 0.6) is 11.5 Å². The summed E-state index contributed by atoms with van der Waals surface area (Å²) in [5.41, 5.74) is 3.36. The van der Waals surface area contributed by atoms with Crippen LogP contribution in [-0.4, -0.2) is 81.0 Å². The average Bonchev–Trinajstić information content (AvgIpc) is 3.35. The molecule has 1 aromatic heterocycles. The molecule has 0 bridgehead atoms. The quantitative estimate of drug-likeness (QED) is 0.593. The van der Waals surface area contributed by atoms with Gasteiger partial charge in [-0.05, 0) is 67.4 Å². The Morgan fingerprint density at radius 3 is 2.64 bits per heavy atom. The van der Waals surface area contributed by atoms with Crippen molar-refractivity contribution in [2.24, 2.45) is 11.8 Å². The zero-order chi connectivity index (χ0) is 24.9. The Kier molecular flexibility index (Phi) is 8.09. The van der Waals surface area contributed by atoms with Gasteiger partial charge in [0.05, 0.1) is 39.7 Å². The van der Waals surface area contributed by atoms with E-state index in [-0.39, 0.29) is 5.91 Å². The summed E-state index contributed by atoms with van der Waals surface area (Å²) >= 11 is 0. The molecule has 36 heavy (non-hydrogen) atoms. The van der Waals surface area contributed by atoms with Gasteiger partial charge in [0.1, 0.15) is 0 Å². The van der Waals surface area contributed by atoms with Crippen molar-refractivity contribution in [2.45, 2.75) is 38.8 Å². The first-order valence-corrected chi connectivity index (χ1v) is 13.1. The molecule has 2 fully saturated rings. The zero-order valence-electron chi connectivity index (χ0n) is 21.5. The molecule has 3 aliphatic rings. The molecular weight excluding hydrogens is 460 g/mol. The second-order valence-corrected chi connectivity index (χ2v) is 10.1. The van der Waals surface area contributed by atoms with E-state index in [1.807, 2.05) is 17.0 Å². The minimum Gasteiger partial charge on any atom is -0.493 e. The number of rotatable bonds is 8. The number of amides is 1. The van der Waals surface area contributed by atoms with Crippen LogP contribution in [0.1, 0.15) is 35.4 Å². The van der Waals surface area contributed by atoms with Crippen molar-refractivity contribution in [2.75, 3.05) is 60.2 Å². The van der Waals surface area contributed by atoms with Gasteiger partial charge in [0.25, 0.3) is 0 Å². The summed E-state index contributed by atoms with van der Waals surface area (Å²) in [6, 6.07) is 6.15. The number of aromatic nitrogens is 1. The third-order valence-corrected chi connectivity index (χ3v) is 7.83. The first-order chi connectivity index (χ1) is 17.6. The van der Waals surface area contributed by atoms with E-state index in [0.29, 0.717) is 30.6 Å². The van der Waals surface area contributed by atoms with Gasteiger partial charge in [0.2, 0.25) is 5.91 Å². The molecule has 1 N–H and O–H groups in total. The number of piperidine rings is 1. The summed E-state index contributed by atoms with van der Waals surface area (Å²) < 4.78 is 22.0. The number of nitrogens with zero attached hydrogens (tertiary/aromatic N) is 3. The van der Waals surface area contributed by atoms with E-state index in [4.69, 9.17) is 18.7 Å². The lowest BCUT2D eigenvalue weighted by atomic mass is 9.80. The molecule has 2 aromatic rings. The fraction of sp³-hybridized carbons (Fsp3) is 0.630. The number of morpholine rings is 1. The predicted molar refractivity (Wildman–Crippen MR) is 134 cm³/mol. The molecular formula is C27H38N4O5. The lowest BCUT2D eigenvalue weighted by molar-refractivity contribution is -0.133. The topological polar surface area (TPSA) is 89.3 Å². The number of hydrogen-bond acceptors (Lipinski definition) is 8. The number of methoxy groups -OCH3 is 2. The summed E-state index contributed by atoms with van der Waals surface area (Å²) in [5, 5.41) is 7.87. The Hall–Kier alpha value is -2.62. The first-order valence-electron chi connectivity index (χ1n) is 13.1. The number of hydrogen-bond donors (Lipinski definition) is 1. The standard InChI is InChI=1S/C27H38N4O5/c1-33-25-12-20-4-6-31(17-22(20)13-26(25)34-2)27(32)14-19-3-5-28-16-21(19)11-23-15-24(36-29-23)18-30-7-9-35-10-8-30/h12-13,15,19,21,28H,3-11,14,16-18H2,1-2H3. The molecule has 4 heterocycles. The van der Waals surface area contributed by atoms with Gasteiger partial charge < -0.3 is 29.0 Å². The van der Waals surface area contributed by atoms with E-state index in [9.17, 15) is 4.79 Å². The van der Waals surface area contributed by atoms with Crippen molar-refractivity contribution in [1.29, 1.82) is 0 Å². The molecule has 0 aliphatic carbocycles. The minimum atomic E-state index is 0.237. The van der Waals surface area contributed by atoms with Crippen LogP contribution < -0.4 is 14.8 Å². The van der Waals surface area contributed by atoms with Crippen LogP contribution in [0.3, 0.4) is 0 Å². The van der Waals surface area contributed by atoms with Gasteiger partial charge in [0.15, 0.2) is 17.3 Å². The van der Waals surface area contributed by atoms with Crippen LogP contribution in [0.25, 0.3) is 0 Å². The van der Waals surface area contributed by atoms with Crippen molar-refractivity contribution in [3.8, 4) is 11.5 Å². The number of carbonyl (C=O) groups is 1. The second kappa shape index (κ2) is 11.6. The van der Waals surface area contributed by atoms with Crippen LogP contribution in [-0.2, 0) is 35.5 Å². The van der Waals surface area contributed by atoms with E-state index < -0.39 is 0 Å². The van der Waals surface area contributed by atoms with Gasteiger partial charge in [-0.1, -0.05) is 5.16 Å². The molecule has 2 atom stereocenters. The van der Waals surface area contributed by atoms with Crippen molar-refractivity contribution in [3.63, 3.8) is 0 Å². The number of ether oxygens (including phenoxy) is 3. The SMILES string of the molecule is COc1cc2c(cc1OC)CN(C(=O)CC1CCNCC1Cc1cc(CN3CCOCC3)on1)CC2. The Morgan fingerprint density at radius 2 is 1.86 bits per heavy atom. The maximum absolute atomic E-state index is 13.4. The molecule has 2 unspecified atom stereocenters. The van der Waals surface area contributed by atoms with Gasteiger partial charge in [0, 0.05) is 38.7 Å². The monoisotopic (exact) mass is 498 g/mol. The number of carbonyl (C=O) groups excluding carboxylic acids is 1. The van der Waals surface area contributed by atoms with Crippen molar-refractivity contribution >= 4 is 5.91 Å². The maximum atomic E-state index is 13.4. The van der Waals surface area contributed by atoms with E-state index in [2.05, 4.69) is 21.4 Å². The van der Waals surface area contributed by atoms with Gasteiger partial charge in [-0.25, -0.2) is 0 Å². The van der Waals surface area contributed by atoms with E-state index in [1.165, 1.54) is 5.56 Å². The molecule has 2 saturated heterocycles. The van der Waals surface area contributed by atoms with Crippen molar-refractivity contribution in [3.05, 3.63) is 40.8 Å². The number of benzene rings is 1. The molecule has 1 amide bonds. The maximum Gasteiger partial charge on any atom is 0.223 e. The van der Waals surface area contributed by atoms with Crippen LogP contribution >= 0.6 is 0 Å². The van der Waals surface area contributed by atoms with Crippen LogP contribution in [0, 0.1) is 11.8 Å². The number of fused-ring (bicyclic) bond motifs is 1. The van der Waals surface area contributed by atoms with Crippen LogP contribution in [0.4, 0.5) is 0 Å². The Morgan fingerprint density at radius 1 is 1.08 bits per heavy atom. The fourth-order valence-electron chi connectivity index (χ4n) is 5.71. The van der Waals surface area contributed by atoms with Crippen molar-refractivity contribution in [1.82, 2.24) is 20.3 Å². The Balaban J connectivity index is 1.18. The lowest BCUT2D eigenvalue weighted by Gasteiger charge is -2.35. The van der Waals surface area contributed by atoms with Crippen molar-refractivity contribution < 1.29 is 23.5 Å². The van der Waals surface area contributed by atoms with Gasteiger partial charge in [-0.15, -0.1) is 0 Å². The highest BCUT2D eigenvalue weighted by Crippen LogP contribution is 2.34. The van der Waals surface area contributed by atoms with E-state index in [1.54, 1.807) is 14.2 Å². The minimum absolute atomic E-state index is 0.237. The Labute approximate surface area is 213 Å². The first kappa shape index (κ1) is 25.0. The molecule has 5 rings (SSSR count). The van der Waals surface area contributed by atoms with E-state index >= 15 is 0 Å².